The molecule has 0 bridgehead atoms. The van der Waals surface area contributed by atoms with Crippen LogP contribution in [0.1, 0.15) is 17.1 Å². The standard InChI is InChI=1S/C14H11ClN6S/c1-8-11(7-16-17-8)13-20-21-12(18-19-14(21)22-13)6-9-2-4-10(15)5-3-9/h2-5,7H,6H2,1H3,(H,16,17). The van der Waals surface area contributed by atoms with E-state index in [0.29, 0.717) is 6.42 Å². The largest absolute Gasteiger partial charge is 0.282 e. The number of hydrogen-bond acceptors (Lipinski definition) is 5. The summed E-state index contributed by atoms with van der Waals surface area (Å²) in [7, 11) is 0. The van der Waals surface area contributed by atoms with Crippen molar-refractivity contribution in [3.05, 3.63) is 52.6 Å². The molecular formula is C14H11ClN6S. The molecule has 0 saturated carbocycles. The number of aromatic nitrogens is 6. The first-order valence-corrected chi connectivity index (χ1v) is 7.86. The molecule has 1 N–H and O–H groups in total. The lowest BCUT2D eigenvalue weighted by atomic mass is 10.1. The van der Waals surface area contributed by atoms with Crippen LogP contribution in [0.15, 0.2) is 30.5 Å². The highest BCUT2D eigenvalue weighted by Crippen LogP contribution is 2.27. The zero-order valence-electron chi connectivity index (χ0n) is 11.6. The van der Waals surface area contributed by atoms with Gasteiger partial charge in [0.25, 0.3) is 0 Å². The number of H-pyrrole nitrogens is 1. The number of nitrogens with zero attached hydrogens (tertiary/aromatic N) is 5. The number of aryl methyl sites for hydroxylation is 1. The molecule has 0 aliphatic heterocycles. The van der Waals surface area contributed by atoms with Crippen molar-refractivity contribution in [2.24, 2.45) is 0 Å². The van der Waals surface area contributed by atoms with Crippen LogP contribution < -0.4 is 0 Å². The Balaban J connectivity index is 1.72. The fourth-order valence-corrected chi connectivity index (χ4v) is 3.28. The number of halogens is 1. The Labute approximate surface area is 134 Å². The zero-order valence-corrected chi connectivity index (χ0v) is 13.2. The number of benzene rings is 1. The molecule has 0 atom stereocenters. The highest BCUT2D eigenvalue weighted by Gasteiger charge is 2.15. The molecule has 0 aliphatic rings. The molecule has 4 aromatic rings. The summed E-state index contributed by atoms with van der Waals surface area (Å²) in [6, 6.07) is 7.71. The molecule has 3 heterocycles. The van der Waals surface area contributed by atoms with E-state index in [4.69, 9.17) is 11.6 Å². The summed E-state index contributed by atoms with van der Waals surface area (Å²) >= 11 is 7.41. The minimum atomic E-state index is 0.659. The van der Waals surface area contributed by atoms with Gasteiger partial charge in [-0.15, -0.1) is 10.2 Å². The maximum atomic E-state index is 5.91. The van der Waals surface area contributed by atoms with E-state index < -0.39 is 0 Å². The average molecular weight is 331 g/mol. The Hall–Kier alpha value is -2.25. The van der Waals surface area contributed by atoms with E-state index in [1.54, 1.807) is 10.7 Å². The second-order valence-electron chi connectivity index (χ2n) is 4.93. The van der Waals surface area contributed by atoms with Crippen LogP contribution in [0.3, 0.4) is 0 Å². The highest BCUT2D eigenvalue weighted by atomic mass is 35.5. The predicted molar refractivity (Wildman–Crippen MR) is 85.2 cm³/mol. The van der Waals surface area contributed by atoms with Crippen LogP contribution in [-0.2, 0) is 6.42 Å². The van der Waals surface area contributed by atoms with E-state index in [9.17, 15) is 0 Å². The van der Waals surface area contributed by atoms with E-state index in [0.717, 1.165) is 37.6 Å². The maximum Gasteiger partial charge on any atom is 0.234 e. The average Bonchev–Trinajstić information content (AvgIpc) is 3.18. The normalized spacial score (nSPS) is 11.4. The lowest BCUT2D eigenvalue weighted by Crippen LogP contribution is -1.97. The van der Waals surface area contributed by atoms with Crippen molar-refractivity contribution in [2.75, 3.05) is 0 Å². The Morgan fingerprint density at radius 2 is 2.05 bits per heavy atom. The number of nitrogens with one attached hydrogen (secondary N) is 1. The fourth-order valence-electron chi connectivity index (χ4n) is 2.23. The van der Waals surface area contributed by atoms with Gasteiger partial charge in [-0.1, -0.05) is 35.1 Å². The van der Waals surface area contributed by atoms with Gasteiger partial charge in [0.05, 0.1) is 11.8 Å². The summed E-state index contributed by atoms with van der Waals surface area (Å²) in [4.78, 5) is 0.777. The number of aromatic amines is 1. The van der Waals surface area contributed by atoms with Crippen LogP contribution in [0.2, 0.25) is 5.02 Å². The van der Waals surface area contributed by atoms with Gasteiger partial charge in [-0.05, 0) is 24.6 Å². The molecule has 4 rings (SSSR count). The van der Waals surface area contributed by atoms with Crippen molar-refractivity contribution >= 4 is 27.9 Å². The molecule has 22 heavy (non-hydrogen) atoms. The second-order valence-corrected chi connectivity index (χ2v) is 6.32. The molecule has 0 radical (unpaired) electrons. The summed E-state index contributed by atoms with van der Waals surface area (Å²) in [5.74, 6) is 0.806. The van der Waals surface area contributed by atoms with Gasteiger partial charge in [-0.2, -0.15) is 14.7 Å². The summed E-state index contributed by atoms with van der Waals surface area (Å²) in [6.45, 7) is 1.97. The van der Waals surface area contributed by atoms with Gasteiger partial charge < -0.3 is 0 Å². The minimum Gasteiger partial charge on any atom is -0.282 e. The second kappa shape index (κ2) is 5.19. The molecule has 0 fully saturated rings. The Bertz CT molecular complexity index is 936. The molecule has 6 nitrogen and oxygen atoms in total. The summed E-state index contributed by atoms with van der Waals surface area (Å²) in [5.41, 5.74) is 3.10. The third-order valence-corrected chi connectivity index (χ3v) is 4.58. The molecule has 1 aromatic carbocycles. The minimum absolute atomic E-state index is 0.659. The van der Waals surface area contributed by atoms with Crippen molar-refractivity contribution in [1.82, 2.24) is 30.0 Å². The van der Waals surface area contributed by atoms with Gasteiger partial charge in [0.2, 0.25) is 4.96 Å². The molecular weight excluding hydrogens is 320 g/mol. The molecule has 110 valence electrons. The number of rotatable bonds is 3. The highest BCUT2D eigenvalue weighted by molar-refractivity contribution is 7.19. The van der Waals surface area contributed by atoms with Crippen molar-refractivity contribution in [3.8, 4) is 10.6 Å². The van der Waals surface area contributed by atoms with Gasteiger partial charge in [0.15, 0.2) is 10.8 Å². The fraction of sp³-hybridized carbons (Fsp3) is 0.143. The molecule has 8 heteroatoms. The topological polar surface area (TPSA) is 71.8 Å². The van der Waals surface area contributed by atoms with Crippen LogP contribution in [0.25, 0.3) is 15.5 Å². The molecule has 3 aromatic heterocycles. The van der Waals surface area contributed by atoms with Crippen LogP contribution in [0.4, 0.5) is 0 Å². The lowest BCUT2D eigenvalue weighted by Gasteiger charge is -1.98. The van der Waals surface area contributed by atoms with Gasteiger partial charge in [-0.3, -0.25) is 5.10 Å². The van der Waals surface area contributed by atoms with E-state index in [-0.39, 0.29) is 0 Å². The van der Waals surface area contributed by atoms with Crippen LogP contribution in [0, 0.1) is 6.92 Å². The quantitative estimate of drug-likeness (QED) is 0.626. The zero-order chi connectivity index (χ0) is 15.1. The SMILES string of the molecule is Cc1[nH]ncc1-c1nn2c(Cc3ccc(Cl)cc3)nnc2s1. The van der Waals surface area contributed by atoms with Crippen LogP contribution in [0.5, 0.6) is 0 Å². The predicted octanol–water partition coefficient (Wildman–Crippen LogP) is 3.13. The first-order valence-electron chi connectivity index (χ1n) is 6.66. The van der Waals surface area contributed by atoms with Gasteiger partial charge in [0, 0.05) is 17.1 Å². The van der Waals surface area contributed by atoms with Crippen molar-refractivity contribution in [2.45, 2.75) is 13.3 Å². The molecule has 0 amide bonds. The lowest BCUT2D eigenvalue weighted by molar-refractivity contribution is 0.854. The van der Waals surface area contributed by atoms with Crippen molar-refractivity contribution in [3.63, 3.8) is 0 Å². The Morgan fingerprint density at radius 3 is 2.77 bits per heavy atom. The number of fused-ring (bicyclic) bond motifs is 1. The monoisotopic (exact) mass is 330 g/mol. The van der Waals surface area contributed by atoms with Gasteiger partial charge in [-0.25, -0.2) is 0 Å². The molecule has 0 aliphatic carbocycles. The molecule has 0 saturated heterocycles. The third kappa shape index (κ3) is 2.28. The Morgan fingerprint density at radius 1 is 1.23 bits per heavy atom. The maximum absolute atomic E-state index is 5.91. The summed E-state index contributed by atoms with van der Waals surface area (Å²) < 4.78 is 1.79. The summed E-state index contributed by atoms with van der Waals surface area (Å²) in [6.07, 6.45) is 2.44. The van der Waals surface area contributed by atoms with Crippen molar-refractivity contribution in [1.29, 1.82) is 0 Å². The van der Waals surface area contributed by atoms with E-state index in [2.05, 4.69) is 25.5 Å². The Kier molecular flexibility index (Phi) is 3.16. The first kappa shape index (κ1) is 13.4. The van der Waals surface area contributed by atoms with Gasteiger partial charge >= 0.3 is 0 Å². The molecule has 0 unspecified atom stereocenters. The summed E-state index contributed by atoms with van der Waals surface area (Å²) in [5, 5.41) is 21.6. The molecule has 0 spiro atoms. The van der Waals surface area contributed by atoms with E-state index >= 15 is 0 Å². The van der Waals surface area contributed by atoms with Crippen LogP contribution in [-0.4, -0.2) is 30.0 Å². The van der Waals surface area contributed by atoms with Gasteiger partial charge in [0.1, 0.15) is 0 Å². The van der Waals surface area contributed by atoms with E-state index in [1.165, 1.54) is 11.3 Å². The van der Waals surface area contributed by atoms with Crippen LogP contribution >= 0.6 is 22.9 Å². The van der Waals surface area contributed by atoms with E-state index in [1.807, 2.05) is 31.2 Å². The third-order valence-electron chi connectivity index (χ3n) is 3.39. The smallest absolute Gasteiger partial charge is 0.234 e. The first-order chi connectivity index (χ1) is 10.7. The van der Waals surface area contributed by atoms with Crippen molar-refractivity contribution < 1.29 is 0 Å². The number of hydrogen-bond donors (Lipinski definition) is 1.